The lowest BCUT2D eigenvalue weighted by Gasteiger charge is -2.23. The summed E-state index contributed by atoms with van der Waals surface area (Å²) < 4.78 is 36.3. The molecule has 5 nitrogen and oxygen atoms in total. The maximum atomic E-state index is 14.0. The number of imidazole rings is 1. The molecule has 0 N–H and O–H groups in total. The van der Waals surface area contributed by atoms with E-state index in [0.717, 1.165) is 71.6 Å². The van der Waals surface area contributed by atoms with Crippen molar-refractivity contribution in [2.45, 2.75) is 23.1 Å². The molecule has 0 atom stereocenters. The number of para-hydroxylation sites is 2. The topological polar surface area (TPSA) is 65.1 Å². The molecule has 7 aromatic carbocycles. The summed E-state index contributed by atoms with van der Waals surface area (Å²) in [5.74, 6) is 0.840. The van der Waals surface area contributed by atoms with Crippen molar-refractivity contribution in [3.05, 3.63) is 133 Å². The maximum absolute atomic E-state index is 14.0. The van der Waals surface area contributed by atoms with Crippen LogP contribution in [0, 0.1) is 0 Å². The number of hydrogen-bond donors (Lipinski definition) is 0. The first-order valence-electron chi connectivity index (χ1n) is 15.8. The fourth-order valence-corrected chi connectivity index (χ4v) is 9.30. The van der Waals surface area contributed by atoms with Crippen LogP contribution in [0.2, 0.25) is 0 Å². The first kappa shape index (κ1) is 26.5. The Morgan fingerprint density at radius 1 is 0.596 bits per heavy atom. The highest BCUT2D eigenvalue weighted by molar-refractivity contribution is 7.92. The Morgan fingerprint density at radius 3 is 1.87 bits per heavy atom. The second-order valence-corrected chi connectivity index (χ2v) is 14.1. The van der Waals surface area contributed by atoms with Gasteiger partial charge in [0.25, 0.3) is 0 Å². The summed E-state index contributed by atoms with van der Waals surface area (Å²) in [6.45, 7) is 2.06. The molecule has 9 aromatic rings. The first-order valence-corrected chi connectivity index (χ1v) is 17.3. The molecule has 1 aliphatic heterocycles. The minimum atomic E-state index is -3.73. The van der Waals surface area contributed by atoms with Crippen LogP contribution in [0.4, 0.5) is 0 Å². The van der Waals surface area contributed by atoms with E-state index in [4.69, 9.17) is 9.40 Å². The van der Waals surface area contributed by atoms with E-state index in [9.17, 15) is 8.42 Å². The average Bonchev–Trinajstić information content (AvgIpc) is 3.68. The molecule has 47 heavy (non-hydrogen) atoms. The molecular formula is C41H26N2O3S. The summed E-state index contributed by atoms with van der Waals surface area (Å²) in [5, 5.41) is 6.63. The van der Waals surface area contributed by atoms with Gasteiger partial charge in [0.15, 0.2) is 0 Å². The predicted octanol–water partition coefficient (Wildman–Crippen LogP) is 10.3. The van der Waals surface area contributed by atoms with Crippen molar-refractivity contribution in [1.82, 2.24) is 9.55 Å². The molecule has 0 bridgehead atoms. The Hall–Kier alpha value is -5.72. The van der Waals surface area contributed by atoms with Crippen molar-refractivity contribution in [2.75, 3.05) is 0 Å². The number of rotatable bonds is 3. The van der Waals surface area contributed by atoms with Gasteiger partial charge in [-0.05, 0) is 86.3 Å². The zero-order valence-electron chi connectivity index (χ0n) is 25.4. The zero-order chi connectivity index (χ0) is 31.4. The molecule has 224 valence electrons. The lowest BCUT2D eigenvalue weighted by Crippen LogP contribution is -2.16. The zero-order valence-corrected chi connectivity index (χ0v) is 26.2. The summed E-state index contributed by atoms with van der Waals surface area (Å²) in [6, 6.07) is 42.8. The summed E-state index contributed by atoms with van der Waals surface area (Å²) in [7, 11) is -3.73. The quantitative estimate of drug-likeness (QED) is 0.183. The van der Waals surface area contributed by atoms with E-state index in [2.05, 4.69) is 79.7 Å². The Bertz CT molecular complexity index is 2860. The maximum Gasteiger partial charge on any atom is 0.210 e. The van der Waals surface area contributed by atoms with Gasteiger partial charge in [0.05, 0.1) is 26.5 Å². The highest BCUT2D eigenvalue weighted by atomic mass is 32.2. The van der Waals surface area contributed by atoms with Crippen LogP contribution in [0.5, 0.6) is 0 Å². The Labute approximate surface area is 270 Å². The fraction of sp³-hybridized carbons (Fsp3) is 0.0488. The average molecular weight is 627 g/mol. The molecule has 0 spiro atoms. The van der Waals surface area contributed by atoms with Crippen molar-refractivity contribution in [2.24, 2.45) is 0 Å². The van der Waals surface area contributed by atoms with Crippen LogP contribution in [0.15, 0.2) is 142 Å². The monoisotopic (exact) mass is 626 g/mol. The molecule has 0 fully saturated rings. The summed E-state index contributed by atoms with van der Waals surface area (Å²) in [5.41, 5.74) is 7.97. The van der Waals surface area contributed by atoms with Crippen molar-refractivity contribution in [1.29, 1.82) is 0 Å². The number of hydrogen-bond acceptors (Lipinski definition) is 4. The van der Waals surface area contributed by atoms with E-state index in [1.807, 2.05) is 41.0 Å². The summed E-state index contributed by atoms with van der Waals surface area (Å²) in [4.78, 5) is 5.45. The van der Waals surface area contributed by atoms with Crippen LogP contribution in [-0.4, -0.2) is 18.0 Å². The molecule has 1 aliphatic rings. The van der Waals surface area contributed by atoms with Crippen LogP contribution in [0.3, 0.4) is 0 Å². The minimum Gasteiger partial charge on any atom is -0.456 e. The van der Waals surface area contributed by atoms with Crippen LogP contribution < -0.4 is 0 Å². The number of sulfone groups is 1. The van der Waals surface area contributed by atoms with Gasteiger partial charge in [0.2, 0.25) is 9.84 Å². The molecule has 0 amide bonds. The van der Waals surface area contributed by atoms with E-state index >= 15 is 0 Å². The number of aromatic nitrogens is 2. The van der Waals surface area contributed by atoms with E-state index in [1.165, 1.54) is 0 Å². The normalized spacial score (nSPS) is 13.6. The van der Waals surface area contributed by atoms with E-state index in [1.54, 1.807) is 18.2 Å². The molecule has 0 saturated heterocycles. The lowest BCUT2D eigenvalue weighted by atomic mass is 9.86. The molecular weight excluding hydrogens is 601 g/mol. The fourth-order valence-electron chi connectivity index (χ4n) is 7.68. The van der Waals surface area contributed by atoms with E-state index in [0.29, 0.717) is 32.9 Å². The second-order valence-electron chi connectivity index (χ2n) is 12.2. The van der Waals surface area contributed by atoms with Crippen molar-refractivity contribution < 1.29 is 12.8 Å². The second kappa shape index (κ2) is 9.41. The number of fused-ring (bicyclic) bond motifs is 7. The molecule has 0 unspecified atom stereocenters. The van der Waals surface area contributed by atoms with Gasteiger partial charge in [-0.15, -0.1) is 0 Å². The molecule has 0 aliphatic carbocycles. The third kappa shape index (κ3) is 3.53. The third-order valence-electron chi connectivity index (χ3n) is 9.69. The molecule has 3 heterocycles. The highest BCUT2D eigenvalue weighted by Gasteiger charge is 2.33. The molecule has 10 rings (SSSR count). The van der Waals surface area contributed by atoms with Gasteiger partial charge in [-0.2, -0.15) is 0 Å². The number of benzene rings is 7. The smallest absolute Gasteiger partial charge is 0.210 e. The molecule has 0 saturated carbocycles. The Balaban J connectivity index is 1.27. The predicted molar refractivity (Wildman–Crippen MR) is 189 cm³/mol. The van der Waals surface area contributed by atoms with Crippen molar-refractivity contribution >= 4 is 64.4 Å². The van der Waals surface area contributed by atoms with Gasteiger partial charge in [0.1, 0.15) is 17.0 Å². The SMILES string of the molecule is CCc1nc2cccc3c2n1-c1cc(-c2c4ccccc4c(-c4ccc5c(c4)oc4ccccc45)c4ccccc24)ccc1S3(=O)=O. The molecule has 6 heteroatoms. The van der Waals surface area contributed by atoms with E-state index in [-0.39, 0.29) is 0 Å². The Kier molecular flexibility index (Phi) is 5.30. The highest BCUT2D eigenvalue weighted by Crippen LogP contribution is 2.47. The summed E-state index contributed by atoms with van der Waals surface area (Å²) in [6.07, 6.45) is 0.675. The standard InChI is InChI=1S/C41H26N2O3S/c1-2-38-42-32-15-9-17-37-41(32)43(38)33-22-24(19-21-36(33)47(37,44)45)39-28-11-3-5-13-30(28)40(31-14-6-4-12-29(31)39)25-18-20-27-26-10-7-8-16-34(26)46-35(27)23-25/h3-23H,2H2,1H3. The minimum absolute atomic E-state index is 0.304. The lowest BCUT2D eigenvalue weighted by molar-refractivity contribution is 0.594. The van der Waals surface area contributed by atoms with Crippen LogP contribution in [0.1, 0.15) is 12.7 Å². The number of nitrogens with zero attached hydrogens (tertiary/aromatic N) is 2. The third-order valence-corrected chi connectivity index (χ3v) is 11.5. The van der Waals surface area contributed by atoms with Gasteiger partial charge in [-0.1, -0.05) is 91.9 Å². The largest absolute Gasteiger partial charge is 0.456 e. The Morgan fingerprint density at radius 2 is 1.19 bits per heavy atom. The molecule has 0 radical (unpaired) electrons. The van der Waals surface area contributed by atoms with Crippen LogP contribution >= 0.6 is 0 Å². The van der Waals surface area contributed by atoms with Crippen molar-refractivity contribution in [3.8, 4) is 27.9 Å². The van der Waals surface area contributed by atoms with Gasteiger partial charge >= 0.3 is 0 Å². The first-order chi connectivity index (χ1) is 23.0. The van der Waals surface area contributed by atoms with Crippen molar-refractivity contribution in [3.63, 3.8) is 0 Å². The van der Waals surface area contributed by atoms with E-state index < -0.39 is 9.84 Å². The van der Waals surface area contributed by atoms with Crippen LogP contribution in [-0.2, 0) is 16.3 Å². The van der Waals surface area contributed by atoms with Gasteiger partial charge in [0, 0.05) is 17.2 Å². The number of furan rings is 1. The van der Waals surface area contributed by atoms with Crippen LogP contribution in [0.25, 0.3) is 82.5 Å². The molecule has 2 aromatic heterocycles. The van der Waals surface area contributed by atoms with Gasteiger partial charge in [-0.3, -0.25) is 4.57 Å². The number of aryl methyl sites for hydroxylation is 1. The van der Waals surface area contributed by atoms with Gasteiger partial charge in [-0.25, -0.2) is 13.4 Å². The summed E-state index contributed by atoms with van der Waals surface area (Å²) >= 11 is 0. The van der Waals surface area contributed by atoms with Gasteiger partial charge < -0.3 is 4.42 Å².